The first kappa shape index (κ1) is 23.1. The molecule has 0 aliphatic heterocycles. The summed E-state index contributed by atoms with van der Waals surface area (Å²) in [5.41, 5.74) is 11.1. The summed E-state index contributed by atoms with van der Waals surface area (Å²) in [6.45, 7) is 10.3. The van der Waals surface area contributed by atoms with E-state index in [0.717, 1.165) is 41.0 Å². The van der Waals surface area contributed by atoms with Crippen LogP contribution in [0.2, 0.25) is 0 Å². The lowest BCUT2D eigenvalue weighted by Crippen LogP contribution is -2.13. The highest BCUT2D eigenvalue weighted by Crippen LogP contribution is 2.21. The van der Waals surface area contributed by atoms with E-state index < -0.39 is 0 Å². The first-order chi connectivity index (χ1) is 15.5. The predicted molar refractivity (Wildman–Crippen MR) is 134 cm³/mol. The highest BCUT2D eigenvalue weighted by Gasteiger charge is 2.05. The standard InChI is InChI=1S/C26H32N6/c1-19(2)15-28-30-17-21-5-9-23(10-6-21)25-13-14-27-26(32-25)24-11-7-22(8-12-24)18-31-29-16-20(3)4/h5-14,17-20,28-29H,15-16H2,1-4H3/b30-17+,31-18+. The molecule has 3 rings (SSSR count). The van der Waals surface area contributed by atoms with Gasteiger partial charge in [-0.05, 0) is 29.0 Å². The Morgan fingerprint density at radius 3 is 1.72 bits per heavy atom. The summed E-state index contributed by atoms with van der Waals surface area (Å²) in [4.78, 5) is 9.21. The van der Waals surface area contributed by atoms with E-state index >= 15 is 0 Å². The molecule has 0 aliphatic carbocycles. The van der Waals surface area contributed by atoms with E-state index in [-0.39, 0.29) is 0 Å². The Morgan fingerprint density at radius 1 is 0.719 bits per heavy atom. The molecule has 0 fully saturated rings. The van der Waals surface area contributed by atoms with E-state index in [2.05, 4.69) is 65.9 Å². The van der Waals surface area contributed by atoms with Gasteiger partial charge < -0.3 is 10.9 Å². The van der Waals surface area contributed by atoms with Gasteiger partial charge in [0.2, 0.25) is 0 Å². The maximum absolute atomic E-state index is 4.76. The molecule has 0 radical (unpaired) electrons. The molecule has 0 aliphatic rings. The summed E-state index contributed by atoms with van der Waals surface area (Å²) in [6.07, 6.45) is 5.46. The van der Waals surface area contributed by atoms with Crippen molar-refractivity contribution in [2.45, 2.75) is 27.7 Å². The van der Waals surface area contributed by atoms with E-state index in [4.69, 9.17) is 4.98 Å². The fraction of sp³-hybridized carbons (Fsp3) is 0.308. The second-order valence-corrected chi connectivity index (χ2v) is 8.54. The minimum absolute atomic E-state index is 0.565. The zero-order valence-corrected chi connectivity index (χ0v) is 19.3. The number of aromatic nitrogens is 2. The summed E-state index contributed by atoms with van der Waals surface area (Å²) in [7, 11) is 0. The van der Waals surface area contributed by atoms with Crippen LogP contribution in [-0.4, -0.2) is 35.5 Å². The van der Waals surface area contributed by atoms with Gasteiger partial charge in [-0.2, -0.15) is 10.2 Å². The van der Waals surface area contributed by atoms with Crippen molar-refractivity contribution in [3.63, 3.8) is 0 Å². The van der Waals surface area contributed by atoms with Crippen LogP contribution >= 0.6 is 0 Å². The molecule has 0 amide bonds. The van der Waals surface area contributed by atoms with Crippen molar-refractivity contribution in [1.29, 1.82) is 0 Å². The zero-order chi connectivity index (χ0) is 22.8. The molecular formula is C26H32N6. The summed E-state index contributed by atoms with van der Waals surface area (Å²) < 4.78 is 0. The third-order valence-corrected chi connectivity index (χ3v) is 4.64. The maximum atomic E-state index is 4.76. The average Bonchev–Trinajstić information content (AvgIpc) is 2.80. The van der Waals surface area contributed by atoms with Crippen LogP contribution in [0.4, 0.5) is 0 Å². The minimum atomic E-state index is 0.565. The van der Waals surface area contributed by atoms with Gasteiger partial charge in [0.1, 0.15) is 0 Å². The van der Waals surface area contributed by atoms with E-state index in [0.29, 0.717) is 17.7 Å². The van der Waals surface area contributed by atoms with Crippen molar-refractivity contribution < 1.29 is 0 Å². The van der Waals surface area contributed by atoms with Crippen molar-refractivity contribution in [3.05, 3.63) is 71.9 Å². The minimum Gasteiger partial charge on any atom is -0.310 e. The third kappa shape index (κ3) is 7.30. The highest BCUT2D eigenvalue weighted by atomic mass is 15.3. The Bertz CT molecular complexity index is 940. The molecule has 2 aromatic carbocycles. The SMILES string of the molecule is CC(C)CN/N=C/c1ccc(-c2ccnc(-c3ccc(/C=N/NCC(C)C)cc3)n2)cc1. The van der Waals surface area contributed by atoms with Crippen molar-refractivity contribution in [2.75, 3.05) is 13.1 Å². The van der Waals surface area contributed by atoms with Gasteiger partial charge in [0.15, 0.2) is 5.82 Å². The summed E-state index contributed by atoms with van der Waals surface area (Å²) in [5.74, 6) is 1.83. The molecule has 0 saturated heterocycles. The Balaban J connectivity index is 1.66. The second-order valence-electron chi connectivity index (χ2n) is 8.54. The first-order valence-corrected chi connectivity index (χ1v) is 11.1. The van der Waals surface area contributed by atoms with Gasteiger partial charge >= 0.3 is 0 Å². The number of benzene rings is 2. The van der Waals surface area contributed by atoms with Crippen molar-refractivity contribution in [1.82, 2.24) is 20.8 Å². The largest absolute Gasteiger partial charge is 0.310 e. The fourth-order valence-corrected chi connectivity index (χ4v) is 2.83. The van der Waals surface area contributed by atoms with E-state index in [1.165, 1.54) is 0 Å². The van der Waals surface area contributed by atoms with Crippen LogP contribution < -0.4 is 10.9 Å². The van der Waals surface area contributed by atoms with Crippen LogP contribution in [-0.2, 0) is 0 Å². The van der Waals surface area contributed by atoms with Gasteiger partial charge in [-0.1, -0.05) is 76.2 Å². The lowest BCUT2D eigenvalue weighted by Gasteiger charge is -2.06. The van der Waals surface area contributed by atoms with Crippen LogP contribution in [0, 0.1) is 11.8 Å². The molecule has 2 N–H and O–H groups in total. The first-order valence-electron chi connectivity index (χ1n) is 11.1. The molecule has 0 bridgehead atoms. The van der Waals surface area contributed by atoms with Crippen molar-refractivity contribution in [2.24, 2.45) is 22.0 Å². The monoisotopic (exact) mass is 428 g/mol. The summed E-state index contributed by atoms with van der Waals surface area (Å²) in [5, 5.41) is 8.52. The second kappa shape index (κ2) is 11.7. The van der Waals surface area contributed by atoms with Gasteiger partial charge in [-0.25, -0.2) is 9.97 Å². The van der Waals surface area contributed by atoms with Gasteiger partial charge in [-0.3, -0.25) is 0 Å². The van der Waals surface area contributed by atoms with Crippen molar-refractivity contribution in [3.8, 4) is 22.6 Å². The normalized spacial score (nSPS) is 11.7. The topological polar surface area (TPSA) is 74.6 Å². The smallest absolute Gasteiger partial charge is 0.159 e. The molecule has 1 aromatic heterocycles. The molecule has 1 heterocycles. The molecule has 166 valence electrons. The zero-order valence-electron chi connectivity index (χ0n) is 19.3. The van der Waals surface area contributed by atoms with E-state index in [1.807, 2.05) is 54.9 Å². The summed E-state index contributed by atoms with van der Waals surface area (Å²) >= 11 is 0. The van der Waals surface area contributed by atoms with Crippen LogP contribution in [0.1, 0.15) is 38.8 Å². The van der Waals surface area contributed by atoms with Crippen LogP contribution in [0.25, 0.3) is 22.6 Å². The molecule has 0 saturated carbocycles. The molecule has 6 heteroatoms. The third-order valence-electron chi connectivity index (χ3n) is 4.64. The summed E-state index contributed by atoms with van der Waals surface area (Å²) in [6, 6.07) is 18.2. The predicted octanol–water partition coefficient (Wildman–Crippen LogP) is 4.97. The quantitative estimate of drug-likeness (QED) is 0.353. The number of nitrogens with zero attached hydrogens (tertiary/aromatic N) is 4. The Hall–Kier alpha value is -3.54. The molecule has 3 aromatic rings. The number of rotatable bonds is 10. The molecule has 6 nitrogen and oxygen atoms in total. The number of nitrogens with one attached hydrogen (secondary N) is 2. The molecule has 0 spiro atoms. The van der Waals surface area contributed by atoms with Gasteiger partial charge in [0, 0.05) is 30.4 Å². The lowest BCUT2D eigenvalue weighted by molar-refractivity contribution is 0.571. The van der Waals surface area contributed by atoms with Gasteiger partial charge in [0.25, 0.3) is 0 Å². The van der Waals surface area contributed by atoms with Crippen molar-refractivity contribution >= 4 is 12.4 Å². The maximum Gasteiger partial charge on any atom is 0.159 e. The number of hydrazone groups is 2. The lowest BCUT2D eigenvalue weighted by atomic mass is 10.1. The highest BCUT2D eigenvalue weighted by molar-refractivity contribution is 5.81. The van der Waals surface area contributed by atoms with Crippen LogP contribution in [0.5, 0.6) is 0 Å². The van der Waals surface area contributed by atoms with Crippen LogP contribution in [0.3, 0.4) is 0 Å². The van der Waals surface area contributed by atoms with Gasteiger partial charge in [0.05, 0.1) is 18.1 Å². The van der Waals surface area contributed by atoms with Crippen LogP contribution in [0.15, 0.2) is 71.0 Å². The number of hydrogen-bond acceptors (Lipinski definition) is 6. The molecule has 32 heavy (non-hydrogen) atoms. The number of hydrogen-bond donors (Lipinski definition) is 2. The molecule has 0 atom stereocenters. The van der Waals surface area contributed by atoms with E-state index in [9.17, 15) is 0 Å². The fourth-order valence-electron chi connectivity index (χ4n) is 2.83. The van der Waals surface area contributed by atoms with E-state index in [1.54, 1.807) is 6.20 Å². The Labute approximate surface area is 190 Å². The molecular weight excluding hydrogens is 396 g/mol. The molecule has 0 unspecified atom stereocenters. The van der Waals surface area contributed by atoms with Gasteiger partial charge in [-0.15, -0.1) is 0 Å². The Kier molecular flexibility index (Phi) is 8.49. The average molecular weight is 429 g/mol. The Morgan fingerprint density at radius 2 is 1.22 bits per heavy atom.